The van der Waals surface area contributed by atoms with Crippen molar-refractivity contribution in [3.63, 3.8) is 0 Å². The van der Waals surface area contributed by atoms with E-state index in [2.05, 4.69) is 32.6 Å². The lowest BCUT2D eigenvalue weighted by Crippen LogP contribution is -2.40. The van der Waals surface area contributed by atoms with Crippen molar-refractivity contribution >= 4 is 39.1 Å². The Kier molecular flexibility index (Phi) is 11.9. The van der Waals surface area contributed by atoms with Crippen LogP contribution >= 0.6 is 11.3 Å². The highest BCUT2D eigenvalue weighted by atomic mass is 32.2. The van der Waals surface area contributed by atoms with Crippen molar-refractivity contribution in [2.24, 2.45) is 10.3 Å². The summed E-state index contributed by atoms with van der Waals surface area (Å²) in [5, 5.41) is 10.4. The number of nitrogens with one attached hydrogen (secondary N) is 2. The standard InChI is InChI=1S/C20H24F2N4O2S2.C2H7N3/c1-2-3-4-12-30(28)26-10-8-13(9-11-26)24-20-25-19(23)18(29-20)17(27)16-14(21)6-5-7-15(16)22;1-3-5-4-2/h2,5-7,13H,1,3-4,8-12,23H2,(H,24,25);1-2H3,(H,3,4). The molecule has 0 amide bonds. The summed E-state index contributed by atoms with van der Waals surface area (Å²) >= 11 is 0.981. The molecule has 0 aliphatic carbocycles. The molecule has 35 heavy (non-hydrogen) atoms. The third-order valence-corrected chi connectivity index (χ3v) is 7.63. The molecule has 0 bridgehead atoms. The number of allylic oxidation sites excluding steroid dienone is 1. The van der Waals surface area contributed by atoms with Crippen LogP contribution in [0, 0.1) is 11.6 Å². The Morgan fingerprint density at radius 2 is 2.03 bits per heavy atom. The number of thiazole rings is 1. The van der Waals surface area contributed by atoms with Crippen molar-refractivity contribution in [2.45, 2.75) is 31.7 Å². The molecule has 13 heteroatoms. The molecule has 0 radical (unpaired) electrons. The van der Waals surface area contributed by atoms with E-state index in [1.54, 1.807) is 14.1 Å². The van der Waals surface area contributed by atoms with Gasteiger partial charge in [0, 0.05) is 31.9 Å². The number of nitrogens with zero attached hydrogens (tertiary/aromatic N) is 4. The molecule has 4 N–H and O–H groups in total. The highest BCUT2D eigenvalue weighted by Gasteiger charge is 2.26. The molecule has 2 aromatic rings. The molecule has 1 aromatic heterocycles. The summed E-state index contributed by atoms with van der Waals surface area (Å²) in [6.45, 7) is 5.04. The van der Waals surface area contributed by atoms with Crippen LogP contribution in [0.1, 0.15) is 40.9 Å². The highest BCUT2D eigenvalue weighted by Crippen LogP contribution is 2.30. The number of nitrogen functional groups attached to an aromatic ring is 1. The second-order valence-corrected chi connectivity index (χ2v) is 10.1. The first-order chi connectivity index (χ1) is 16.8. The first-order valence-electron chi connectivity index (χ1n) is 11.0. The number of anilines is 2. The minimum absolute atomic E-state index is 0.00209. The predicted octanol–water partition coefficient (Wildman–Crippen LogP) is 3.94. The van der Waals surface area contributed by atoms with Crippen LogP contribution in [0.25, 0.3) is 0 Å². The van der Waals surface area contributed by atoms with Crippen LogP contribution in [0.4, 0.5) is 19.7 Å². The average Bonchev–Trinajstić information content (AvgIpc) is 3.20. The van der Waals surface area contributed by atoms with Gasteiger partial charge in [-0.3, -0.25) is 10.2 Å². The smallest absolute Gasteiger partial charge is 0.212 e. The van der Waals surface area contributed by atoms with Gasteiger partial charge in [-0.15, -0.1) is 6.58 Å². The molecule has 1 aliphatic rings. The van der Waals surface area contributed by atoms with Gasteiger partial charge in [-0.05, 0) is 37.8 Å². The number of rotatable bonds is 10. The number of carbonyl (C=O) groups is 1. The van der Waals surface area contributed by atoms with Gasteiger partial charge in [-0.1, -0.05) is 28.7 Å². The first-order valence-corrected chi connectivity index (χ1v) is 13.1. The number of nitrogens with two attached hydrogens (primary N) is 1. The van der Waals surface area contributed by atoms with Gasteiger partial charge in [0.25, 0.3) is 0 Å². The zero-order valence-electron chi connectivity index (χ0n) is 19.8. The second kappa shape index (κ2) is 14.6. The van der Waals surface area contributed by atoms with Crippen molar-refractivity contribution in [3.05, 3.63) is 52.9 Å². The van der Waals surface area contributed by atoms with Crippen molar-refractivity contribution in [2.75, 3.05) is 44.0 Å². The predicted molar refractivity (Wildman–Crippen MR) is 137 cm³/mol. The molecule has 1 atom stereocenters. The molecule has 0 spiro atoms. The third-order valence-electron chi connectivity index (χ3n) is 5.05. The van der Waals surface area contributed by atoms with E-state index in [1.807, 2.05) is 10.4 Å². The van der Waals surface area contributed by atoms with Gasteiger partial charge in [-0.2, -0.15) is 5.11 Å². The molecular formula is C22H31F2N7O2S2. The SMILES string of the molecule is C=CCCCS(=O)N1CCC(Nc2nc(N)c(C(=O)c3c(F)cccc3F)s2)CC1.CN=NNC. The number of unbranched alkanes of at least 4 members (excludes halogenated alkanes) is 1. The van der Waals surface area contributed by atoms with Crippen molar-refractivity contribution < 1.29 is 17.8 Å². The molecule has 9 nitrogen and oxygen atoms in total. The Bertz CT molecular complexity index is 1020. The highest BCUT2D eigenvalue weighted by molar-refractivity contribution is 7.82. The van der Waals surface area contributed by atoms with E-state index in [-0.39, 0.29) is 16.7 Å². The zero-order chi connectivity index (χ0) is 25.8. The maximum Gasteiger partial charge on any atom is 0.212 e. The fourth-order valence-electron chi connectivity index (χ4n) is 3.34. The maximum atomic E-state index is 13.9. The quantitative estimate of drug-likeness (QED) is 0.141. The lowest BCUT2D eigenvalue weighted by molar-refractivity contribution is 0.103. The van der Waals surface area contributed by atoms with E-state index in [9.17, 15) is 17.8 Å². The van der Waals surface area contributed by atoms with E-state index < -0.39 is 34.0 Å². The number of carbonyl (C=O) groups excluding carboxylic acids is 1. The number of piperidine rings is 1. The third kappa shape index (κ3) is 8.44. The van der Waals surface area contributed by atoms with Crippen LogP contribution in [-0.2, 0) is 11.0 Å². The number of benzene rings is 1. The summed E-state index contributed by atoms with van der Waals surface area (Å²) in [5.74, 6) is -2.12. The summed E-state index contributed by atoms with van der Waals surface area (Å²) in [7, 11) is 2.32. The Morgan fingerprint density at radius 1 is 1.37 bits per heavy atom. The molecule has 1 fully saturated rings. The molecule has 1 aliphatic heterocycles. The lowest BCUT2D eigenvalue weighted by Gasteiger charge is -2.31. The fourth-order valence-corrected chi connectivity index (χ4v) is 5.54. The normalized spacial score (nSPS) is 15.3. The molecular weight excluding hydrogens is 496 g/mol. The molecule has 1 saturated heterocycles. The summed E-state index contributed by atoms with van der Waals surface area (Å²) in [6.07, 6.45) is 5.06. The van der Waals surface area contributed by atoms with Crippen LogP contribution in [0.2, 0.25) is 0 Å². The topological polar surface area (TPSA) is 125 Å². The average molecular weight is 528 g/mol. The Hall–Kier alpha value is -2.77. The Labute approximate surface area is 210 Å². The van der Waals surface area contributed by atoms with E-state index in [0.29, 0.717) is 24.0 Å². The van der Waals surface area contributed by atoms with E-state index >= 15 is 0 Å². The summed E-state index contributed by atoms with van der Waals surface area (Å²) < 4.78 is 42.1. The number of aromatic nitrogens is 1. The van der Waals surface area contributed by atoms with E-state index in [1.165, 1.54) is 6.07 Å². The van der Waals surface area contributed by atoms with Gasteiger partial charge in [-0.25, -0.2) is 22.3 Å². The van der Waals surface area contributed by atoms with Crippen molar-refractivity contribution in [1.82, 2.24) is 14.7 Å². The van der Waals surface area contributed by atoms with Gasteiger partial charge >= 0.3 is 0 Å². The first kappa shape index (κ1) is 28.5. The number of hydrogen-bond donors (Lipinski definition) is 3. The van der Waals surface area contributed by atoms with Gasteiger partial charge in [0.05, 0.1) is 23.6 Å². The molecule has 0 saturated carbocycles. The molecule has 1 aromatic carbocycles. The molecule has 1 unspecified atom stereocenters. The fraction of sp³-hybridized carbons (Fsp3) is 0.455. The second-order valence-electron chi connectivity index (χ2n) is 7.49. The van der Waals surface area contributed by atoms with Crippen molar-refractivity contribution in [3.8, 4) is 0 Å². The van der Waals surface area contributed by atoms with Gasteiger partial charge in [0.15, 0.2) is 5.13 Å². The lowest BCUT2D eigenvalue weighted by atomic mass is 10.1. The van der Waals surface area contributed by atoms with Gasteiger partial charge < -0.3 is 11.1 Å². The Morgan fingerprint density at radius 3 is 2.57 bits per heavy atom. The van der Waals surface area contributed by atoms with Gasteiger partial charge in [0.2, 0.25) is 5.78 Å². The summed E-state index contributed by atoms with van der Waals surface area (Å²) in [4.78, 5) is 16.7. The van der Waals surface area contributed by atoms with E-state index in [4.69, 9.17) is 5.73 Å². The summed E-state index contributed by atoms with van der Waals surface area (Å²) in [5.41, 5.74) is 7.69. The van der Waals surface area contributed by atoms with Gasteiger partial charge in [0.1, 0.15) is 22.3 Å². The van der Waals surface area contributed by atoms with Crippen molar-refractivity contribution in [1.29, 1.82) is 0 Å². The van der Waals surface area contributed by atoms with Crippen LogP contribution in [0.15, 0.2) is 41.2 Å². The van der Waals surface area contributed by atoms with Crippen LogP contribution < -0.4 is 16.5 Å². The molecule has 3 rings (SSSR count). The van der Waals surface area contributed by atoms with E-state index in [0.717, 1.165) is 49.2 Å². The largest absolute Gasteiger partial charge is 0.382 e. The maximum absolute atomic E-state index is 13.9. The number of halogens is 2. The zero-order valence-corrected chi connectivity index (χ0v) is 21.4. The van der Waals surface area contributed by atoms with Crippen LogP contribution in [0.5, 0.6) is 0 Å². The number of hydrogen-bond acceptors (Lipinski definition) is 8. The van der Waals surface area contributed by atoms with Crippen LogP contribution in [0.3, 0.4) is 0 Å². The minimum atomic E-state index is -0.992. The molecule has 2 heterocycles. The van der Waals surface area contributed by atoms with Crippen LogP contribution in [-0.4, -0.2) is 58.3 Å². The monoisotopic (exact) mass is 527 g/mol. The Balaban J connectivity index is 0.000000784. The molecule has 192 valence electrons. The summed E-state index contributed by atoms with van der Waals surface area (Å²) in [6, 6.07) is 3.34. The number of ketones is 1. The minimum Gasteiger partial charge on any atom is -0.382 e.